The first-order valence-electron chi connectivity index (χ1n) is 17.3. The van der Waals surface area contributed by atoms with Crippen molar-refractivity contribution < 1.29 is 28.9 Å². The molecule has 1 aliphatic heterocycles. The molecule has 268 valence electrons. The Kier molecular flexibility index (Phi) is 10.9. The van der Waals surface area contributed by atoms with Crippen molar-refractivity contribution in [3.05, 3.63) is 135 Å². The van der Waals surface area contributed by atoms with Crippen LogP contribution in [-0.4, -0.2) is 47.2 Å². The molecule has 0 saturated carbocycles. The van der Waals surface area contributed by atoms with E-state index in [4.69, 9.17) is 29.8 Å². The second kappa shape index (κ2) is 15.7. The fourth-order valence-electron chi connectivity index (χ4n) is 6.63. The van der Waals surface area contributed by atoms with Crippen molar-refractivity contribution in [1.29, 1.82) is 0 Å². The number of ether oxygens (including phenoxy) is 3. The summed E-state index contributed by atoms with van der Waals surface area (Å²) in [6.07, 6.45) is -0.706. The molecule has 1 aliphatic carbocycles. The van der Waals surface area contributed by atoms with Crippen molar-refractivity contribution in [2.75, 3.05) is 13.2 Å². The standard InChI is InChI=1S/C40H42N6O6/c1-39(2,3)52-34(48)21-22-40(38(49)45-44-35-32-15-8-6-13-30(32)31-14-7-9-16-33(31)35)36(29-12-5-4-11-27(29)25-42-46-41)51-37(43-40)26-17-19-28(20-18-26)50-24-10-23-47/h4-9,11-20,35-36,44,47H,10,21-25H2,1-3H3,(H,45,49)/t36-,40-/m0/s1. The number of hydrazine groups is 1. The van der Waals surface area contributed by atoms with Crippen LogP contribution in [0.15, 0.2) is 107 Å². The summed E-state index contributed by atoms with van der Waals surface area (Å²) in [5, 5.41) is 12.9. The Labute approximate surface area is 302 Å². The Balaban J connectivity index is 1.41. The number of aliphatic hydroxyl groups excluding tert-OH is 1. The molecule has 0 bridgehead atoms. The van der Waals surface area contributed by atoms with Gasteiger partial charge in [0, 0.05) is 29.9 Å². The molecule has 1 heterocycles. The van der Waals surface area contributed by atoms with Gasteiger partial charge in [0.1, 0.15) is 11.4 Å². The summed E-state index contributed by atoms with van der Waals surface area (Å²) in [6, 6.07) is 30.1. The summed E-state index contributed by atoms with van der Waals surface area (Å²) in [5.41, 5.74) is 19.0. The first-order valence-corrected chi connectivity index (χ1v) is 17.3. The minimum absolute atomic E-state index is 0.0133. The quantitative estimate of drug-likeness (QED) is 0.0317. The van der Waals surface area contributed by atoms with Gasteiger partial charge in [0.2, 0.25) is 5.90 Å². The molecule has 1 amide bonds. The van der Waals surface area contributed by atoms with Gasteiger partial charge in [0.05, 0.1) is 19.2 Å². The monoisotopic (exact) mass is 702 g/mol. The van der Waals surface area contributed by atoms with E-state index in [1.165, 1.54) is 0 Å². The molecule has 3 N–H and O–H groups in total. The molecule has 4 aromatic carbocycles. The summed E-state index contributed by atoms with van der Waals surface area (Å²) < 4.78 is 18.0. The Morgan fingerprint density at radius 2 is 1.58 bits per heavy atom. The number of benzene rings is 4. The summed E-state index contributed by atoms with van der Waals surface area (Å²) in [6.45, 7) is 5.75. The SMILES string of the molecule is CC(C)(C)OC(=O)CC[C@]1(C(=O)NNC2c3ccccc3-c3ccccc32)N=C(c2ccc(OCCCO)cc2)O[C@H]1c1ccccc1CN=[N+]=[N-]. The maximum Gasteiger partial charge on any atom is 0.306 e. The molecule has 0 unspecified atom stereocenters. The summed E-state index contributed by atoms with van der Waals surface area (Å²) in [4.78, 5) is 36.1. The smallest absolute Gasteiger partial charge is 0.306 e. The molecule has 0 aromatic heterocycles. The lowest BCUT2D eigenvalue weighted by atomic mass is 9.82. The molecular weight excluding hydrogens is 660 g/mol. The Morgan fingerprint density at radius 3 is 2.21 bits per heavy atom. The van der Waals surface area contributed by atoms with Crippen molar-refractivity contribution in [1.82, 2.24) is 10.9 Å². The Bertz CT molecular complexity index is 1960. The van der Waals surface area contributed by atoms with Crippen molar-refractivity contribution in [2.24, 2.45) is 10.1 Å². The lowest BCUT2D eigenvalue weighted by molar-refractivity contribution is -0.155. The van der Waals surface area contributed by atoms with E-state index in [0.29, 0.717) is 35.5 Å². The maximum atomic E-state index is 14.9. The van der Waals surface area contributed by atoms with Crippen LogP contribution in [0.3, 0.4) is 0 Å². The predicted octanol–water partition coefficient (Wildman–Crippen LogP) is 7.03. The van der Waals surface area contributed by atoms with Gasteiger partial charge in [0.15, 0.2) is 11.6 Å². The fraction of sp³-hybridized carbons (Fsp3) is 0.325. The number of nitrogens with one attached hydrogen (secondary N) is 2. The Hall–Kier alpha value is -5.68. The third-order valence-electron chi connectivity index (χ3n) is 8.97. The van der Waals surface area contributed by atoms with E-state index in [0.717, 1.165) is 22.3 Å². The number of carbonyl (C=O) groups is 2. The number of nitrogens with zero attached hydrogens (tertiary/aromatic N) is 4. The largest absolute Gasteiger partial charge is 0.494 e. The second-order valence-corrected chi connectivity index (χ2v) is 13.7. The number of amides is 1. The van der Waals surface area contributed by atoms with E-state index in [-0.39, 0.29) is 37.9 Å². The van der Waals surface area contributed by atoms with Gasteiger partial charge in [-0.1, -0.05) is 77.9 Å². The first kappa shape index (κ1) is 36.1. The van der Waals surface area contributed by atoms with Gasteiger partial charge in [0.25, 0.3) is 5.91 Å². The van der Waals surface area contributed by atoms with Gasteiger partial charge < -0.3 is 19.3 Å². The van der Waals surface area contributed by atoms with Crippen LogP contribution >= 0.6 is 0 Å². The zero-order valence-electron chi connectivity index (χ0n) is 29.4. The van der Waals surface area contributed by atoms with E-state index in [1.54, 1.807) is 45.0 Å². The van der Waals surface area contributed by atoms with Gasteiger partial charge in [-0.3, -0.25) is 15.0 Å². The number of aliphatic imine (C=N–C) groups is 1. The molecular formula is C40H42N6O6. The molecule has 0 fully saturated rings. The number of rotatable bonds is 14. The van der Waals surface area contributed by atoms with Gasteiger partial charge in [-0.2, -0.15) is 0 Å². The third kappa shape index (κ3) is 7.79. The van der Waals surface area contributed by atoms with Gasteiger partial charge >= 0.3 is 5.97 Å². The first-order chi connectivity index (χ1) is 25.1. The zero-order valence-corrected chi connectivity index (χ0v) is 29.4. The molecule has 4 aromatic rings. The molecule has 12 nitrogen and oxygen atoms in total. The topological polar surface area (TPSA) is 167 Å². The number of hydrogen-bond acceptors (Lipinski definition) is 9. The molecule has 2 atom stereocenters. The van der Waals surface area contributed by atoms with E-state index >= 15 is 0 Å². The lowest BCUT2D eigenvalue weighted by Gasteiger charge is -2.32. The number of azide groups is 1. The lowest BCUT2D eigenvalue weighted by Crippen LogP contribution is -2.53. The predicted molar refractivity (Wildman–Crippen MR) is 196 cm³/mol. The molecule has 0 saturated heterocycles. The fourth-order valence-corrected chi connectivity index (χ4v) is 6.63. The zero-order chi connectivity index (χ0) is 36.7. The molecule has 0 spiro atoms. The molecule has 12 heteroatoms. The highest BCUT2D eigenvalue weighted by Crippen LogP contribution is 2.46. The van der Waals surface area contributed by atoms with E-state index in [1.807, 2.05) is 60.7 Å². The van der Waals surface area contributed by atoms with Crippen molar-refractivity contribution >= 4 is 17.8 Å². The summed E-state index contributed by atoms with van der Waals surface area (Å²) in [7, 11) is 0. The molecule has 6 rings (SSSR count). The third-order valence-corrected chi connectivity index (χ3v) is 8.97. The summed E-state index contributed by atoms with van der Waals surface area (Å²) >= 11 is 0. The van der Waals surface area contributed by atoms with Crippen LogP contribution in [0.5, 0.6) is 5.75 Å². The summed E-state index contributed by atoms with van der Waals surface area (Å²) in [5.74, 6) is -0.204. The van der Waals surface area contributed by atoms with E-state index < -0.39 is 29.1 Å². The maximum absolute atomic E-state index is 14.9. The highest BCUT2D eigenvalue weighted by atomic mass is 16.6. The highest BCUT2D eigenvalue weighted by Gasteiger charge is 2.54. The highest BCUT2D eigenvalue weighted by molar-refractivity contribution is 6.01. The van der Waals surface area contributed by atoms with Gasteiger partial charge in [-0.05, 0) is 90.4 Å². The number of carbonyl (C=O) groups excluding carboxylic acids is 2. The number of esters is 1. The van der Waals surface area contributed by atoms with Crippen LogP contribution in [0.2, 0.25) is 0 Å². The van der Waals surface area contributed by atoms with Crippen LogP contribution < -0.4 is 15.6 Å². The van der Waals surface area contributed by atoms with Crippen molar-refractivity contribution in [3.8, 4) is 16.9 Å². The Morgan fingerprint density at radius 1 is 0.942 bits per heavy atom. The minimum Gasteiger partial charge on any atom is -0.494 e. The van der Waals surface area contributed by atoms with Gasteiger partial charge in [-0.25, -0.2) is 10.4 Å². The number of hydrogen-bond donors (Lipinski definition) is 3. The molecule has 2 aliphatic rings. The molecule has 52 heavy (non-hydrogen) atoms. The average Bonchev–Trinajstić information content (AvgIpc) is 3.69. The number of aliphatic hydroxyl groups is 1. The van der Waals surface area contributed by atoms with Crippen LogP contribution in [-0.2, 0) is 25.6 Å². The van der Waals surface area contributed by atoms with Crippen molar-refractivity contribution in [3.63, 3.8) is 0 Å². The van der Waals surface area contributed by atoms with Crippen LogP contribution in [0.1, 0.15) is 80.0 Å². The normalized spacial score (nSPS) is 17.6. The molecule has 0 radical (unpaired) electrons. The van der Waals surface area contributed by atoms with Crippen LogP contribution in [0.4, 0.5) is 0 Å². The van der Waals surface area contributed by atoms with E-state index in [2.05, 4.69) is 33.0 Å². The second-order valence-electron chi connectivity index (χ2n) is 13.7. The van der Waals surface area contributed by atoms with Crippen LogP contribution in [0.25, 0.3) is 21.6 Å². The minimum atomic E-state index is -1.67. The van der Waals surface area contributed by atoms with E-state index in [9.17, 15) is 9.59 Å². The van der Waals surface area contributed by atoms with Gasteiger partial charge in [-0.15, -0.1) is 0 Å². The van der Waals surface area contributed by atoms with Crippen LogP contribution in [0, 0.1) is 0 Å². The number of fused-ring (bicyclic) bond motifs is 3. The van der Waals surface area contributed by atoms with Crippen molar-refractivity contribution in [2.45, 2.75) is 69.9 Å². The average molecular weight is 703 g/mol.